The number of halogens is 1. The maximum absolute atomic E-state index is 13.3. The summed E-state index contributed by atoms with van der Waals surface area (Å²) in [6.07, 6.45) is 2.04. The number of thiazole rings is 1. The Morgan fingerprint density at radius 1 is 1.03 bits per heavy atom. The molecule has 4 aromatic rings. The van der Waals surface area contributed by atoms with Crippen molar-refractivity contribution in [1.82, 2.24) is 30.1 Å². The minimum atomic E-state index is -0.236. The lowest BCUT2D eigenvalue weighted by Crippen LogP contribution is -2.48. The zero-order valence-electron chi connectivity index (χ0n) is 18.1. The topological polar surface area (TPSA) is 63.0 Å². The molecular formula is C23H26FN7S. The van der Waals surface area contributed by atoms with E-state index in [0.29, 0.717) is 6.54 Å². The Kier molecular flexibility index (Phi) is 6.09. The third-order valence-electron chi connectivity index (χ3n) is 5.97. The maximum Gasteiger partial charge on any atom is 0.186 e. The van der Waals surface area contributed by atoms with Crippen molar-refractivity contribution in [1.29, 1.82) is 0 Å². The third kappa shape index (κ3) is 4.35. The van der Waals surface area contributed by atoms with Crippen LogP contribution in [0.5, 0.6) is 0 Å². The van der Waals surface area contributed by atoms with Gasteiger partial charge in [-0.05, 0) is 46.7 Å². The Morgan fingerprint density at radius 2 is 1.81 bits per heavy atom. The number of piperazine rings is 1. The highest BCUT2D eigenvalue weighted by atomic mass is 32.1. The van der Waals surface area contributed by atoms with Crippen LogP contribution in [-0.2, 0) is 6.54 Å². The lowest BCUT2D eigenvalue weighted by molar-refractivity contribution is 0.164. The molecule has 5 rings (SSSR count). The number of fused-ring (bicyclic) bond motifs is 1. The van der Waals surface area contributed by atoms with Gasteiger partial charge in [0.15, 0.2) is 11.0 Å². The number of rotatable bonds is 7. The van der Waals surface area contributed by atoms with Crippen LogP contribution in [-0.4, -0.2) is 56.3 Å². The third-order valence-corrected chi connectivity index (χ3v) is 7.07. The van der Waals surface area contributed by atoms with E-state index in [9.17, 15) is 4.39 Å². The van der Waals surface area contributed by atoms with Gasteiger partial charge < -0.3 is 4.90 Å². The number of benzene rings is 2. The van der Waals surface area contributed by atoms with Crippen LogP contribution in [0.3, 0.4) is 0 Å². The van der Waals surface area contributed by atoms with Crippen LogP contribution in [0.1, 0.15) is 37.2 Å². The van der Waals surface area contributed by atoms with Gasteiger partial charge >= 0.3 is 0 Å². The van der Waals surface area contributed by atoms with E-state index in [1.807, 2.05) is 10.7 Å². The molecule has 2 aromatic carbocycles. The summed E-state index contributed by atoms with van der Waals surface area (Å²) in [4.78, 5) is 9.69. The minimum Gasteiger partial charge on any atom is -0.345 e. The van der Waals surface area contributed by atoms with Crippen molar-refractivity contribution in [3.63, 3.8) is 0 Å². The fourth-order valence-corrected chi connectivity index (χ4v) is 5.31. The largest absolute Gasteiger partial charge is 0.345 e. The molecule has 1 atom stereocenters. The number of anilines is 1. The first-order valence-corrected chi connectivity index (χ1v) is 11.9. The van der Waals surface area contributed by atoms with Gasteiger partial charge in [-0.15, -0.1) is 5.10 Å². The van der Waals surface area contributed by atoms with Crippen molar-refractivity contribution >= 4 is 26.7 Å². The van der Waals surface area contributed by atoms with Crippen LogP contribution in [0.4, 0.5) is 9.52 Å². The Labute approximate surface area is 190 Å². The number of hydrogen-bond donors (Lipinski definition) is 0. The summed E-state index contributed by atoms with van der Waals surface area (Å²) < 4.78 is 16.4. The van der Waals surface area contributed by atoms with Crippen molar-refractivity contribution in [3.05, 3.63) is 65.7 Å². The van der Waals surface area contributed by atoms with E-state index < -0.39 is 0 Å². The van der Waals surface area contributed by atoms with Crippen LogP contribution in [0.2, 0.25) is 0 Å². The molecule has 166 valence electrons. The molecule has 0 unspecified atom stereocenters. The molecule has 3 heterocycles. The van der Waals surface area contributed by atoms with Gasteiger partial charge in [0.2, 0.25) is 0 Å². The van der Waals surface area contributed by atoms with E-state index in [4.69, 9.17) is 4.98 Å². The molecule has 1 aliphatic heterocycles. The maximum atomic E-state index is 13.3. The van der Waals surface area contributed by atoms with E-state index in [0.717, 1.165) is 61.1 Å². The van der Waals surface area contributed by atoms with Gasteiger partial charge in [-0.1, -0.05) is 48.9 Å². The molecular weight excluding hydrogens is 425 g/mol. The molecule has 0 spiro atoms. The Morgan fingerprint density at radius 3 is 2.56 bits per heavy atom. The molecule has 0 amide bonds. The molecule has 1 aliphatic rings. The van der Waals surface area contributed by atoms with Gasteiger partial charge in [-0.3, -0.25) is 4.90 Å². The Hall–Kier alpha value is -2.91. The van der Waals surface area contributed by atoms with Crippen LogP contribution >= 0.6 is 11.3 Å². The van der Waals surface area contributed by atoms with E-state index >= 15 is 0 Å². The lowest BCUT2D eigenvalue weighted by Gasteiger charge is -2.38. The molecule has 0 N–H and O–H groups in total. The highest BCUT2D eigenvalue weighted by molar-refractivity contribution is 7.22. The predicted molar refractivity (Wildman–Crippen MR) is 124 cm³/mol. The first-order chi connectivity index (χ1) is 15.7. The summed E-state index contributed by atoms with van der Waals surface area (Å²) in [5.41, 5.74) is 2.05. The van der Waals surface area contributed by atoms with Crippen molar-refractivity contribution < 1.29 is 4.39 Å². The lowest BCUT2D eigenvalue weighted by atomic mass is 10.1. The van der Waals surface area contributed by atoms with E-state index in [1.165, 1.54) is 16.8 Å². The van der Waals surface area contributed by atoms with Crippen LogP contribution in [0, 0.1) is 5.82 Å². The van der Waals surface area contributed by atoms with Crippen molar-refractivity contribution in [3.8, 4) is 0 Å². The predicted octanol–water partition coefficient (Wildman–Crippen LogP) is 4.13. The summed E-state index contributed by atoms with van der Waals surface area (Å²) in [5.74, 6) is 0.644. The molecule has 9 heteroatoms. The van der Waals surface area contributed by atoms with Crippen LogP contribution < -0.4 is 4.90 Å². The molecule has 32 heavy (non-hydrogen) atoms. The molecule has 0 radical (unpaired) electrons. The van der Waals surface area contributed by atoms with E-state index in [1.54, 1.807) is 23.5 Å². The molecule has 1 saturated heterocycles. The zero-order chi connectivity index (χ0) is 21.9. The van der Waals surface area contributed by atoms with E-state index in [-0.39, 0.29) is 11.9 Å². The molecule has 2 aromatic heterocycles. The second kappa shape index (κ2) is 9.30. The van der Waals surface area contributed by atoms with E-state index in [2.05, 4.69) is 50.4 Å². The number of nitrogens with zero attached hydrogens (tertiary/aromatic N) is 7. The minimum absolute atomic E-state index is 0.160. The fraction of sp³-hybridized carbons (Fsp3) is 0.391. The Balaban J connectivity index is 1.30. The standard InChI is InChI=1S/C23H26FN7S/c1-2-5-20(22-26-27-28-31(22)16-17-8-10-18(24)11-9-17)29-12-14-30(15-13-29)23-25-19-6-3-4-7-21(19)32-23/h3-4,6-11,20H,2,5,12-16H2,1H3/t20-/m1/s1. The molecule has 7 nitrogen and oxygen atoms in total. The van der Waals surface area contributed by atoms with Gasteiger partial charge in [0.1, 0.15) is 5.82 Å². The first-order valence-electron chi connectivity index (χ1n) is 11.1. The van der Waals surface area contributed by atoms with Crippen LogP contribution in [0.15, 0.2) is 48.5 Å². The molecule has 0 aliphatic carbocycles. The monoisotopic (exact) mass is 451 g/mol. The van der Waals surface area contributed by atoms with Gasteiger partial charge in [0.05, 0.1) is 22.8 Å². The van der Waals surface area contributed by atoms with Gasteiger partial charge in [0.25, 0.3) is 0 Å². The number of para-hydroxylation sites is 1. The second-order valence-corrected chi connectivity index (χ2v) is 9.12. The summed E-state index contributed by atoms with van der Waals surface area (Å²) >= 11 is 1.76. The summed E-state index contributed by atoms with van der Waals surface area (Å²) in [7, 11) is 0. The number of aromatic nitrogens is 5. The highest BCUT2D eigenvalue weighted by Gasteiger charge is 2.29. The van der Waals surface area contributed by atoms with Gasteiger partial charge in [-0.25, -0.2) is 14.1 Å². The Bertz CT molecular complexity index is 1130. The molecule has 0 bridgehead atoms. The second-order valence-electron chi connectivity index (χ2n) is 8.11. The van der Waals surface area contributed by atoms with Crippen molar-refractivity contribution in [2.24, 2.45) is 0 Å². The first kappa shape index (κ1) is 21.0. The zero-order valence-corrected chi connectivity index (χ0v) is 18.9. The molecule has 1 fully saturated rings. The number of hydrogen-bond acceptors (Lipinski definition) is 7. The van der Waals surface area contributed by atoms with Crippen molar-refractivity contribution in [2.45, 2.75) is 32.4 Å². The quantitative estimate of drug-likeness (QED) is 0.421. The average molecular weight is 452 g/mol. The summed E-state index contributed by atoms with van der Waals surface area (Å²) in [6.45, 7) is 6.46. The van der Waals surface area contributed by atoms with Crippen molar-refractivity contribution in [2.75, 3.05) is 31.1 Å². The van der Waals surface area contributed by atoms with Gasteiger partial charge in [-0.2, -0.15) is 0 Å². The summed E-state index contributed by atoms with van der Waals surface area (Å²) in [6, 6.07) is 15.0. The van der Waals surface area contributed by atoms with Crippen LogP contribution in [0.25, 0.3) is 10.2 Å². The van der Waals surface area contributed by atoms with Gasteiger partial charge in [0, 0.05) is 26.2 Å². The highest BCUT2D eigenvalue weighted by Crippen LogP contribution is 2.31. The number of tetrazole rings is 1. The normalized spacial score (nSPS) is 16.0. The average Bonchev–Trinajstić information content (AvgIpc) is 3.46. The fourth-order valence-electron chi connectivity index (χ4n) is 4.29. The SMILES string of the molecule is CCC[C@H](c1nnnn1Cc1ccc(F)cc1)N1CCN(c2nc3ccccc3s2)CC1. The summed E-state index contributed by atoms with van der Waals surface area (Å²) in [5, 5.41) is 13.7. The smallest absolute Gasteiger partial charge is 0.186 e. The molecule has 0 saturated carbocycles.